The Kier molecular flexibility index (Phi) is 4.57. The number of piperidine rings is 1. The summed E-state index contributed by atoms with van der Waals surface area (Å²) < 4.78 is 0. The standard InChI is InChI=1S/C18H24N4O2/c1-11-12(2)20-17-14(11)4-3-5-15(17)18(24)21-13-6-8-22(9-7-13)10-16(19)23/h3-5,13,20H,6-10H2,1-2H3,(H2,19,23)(H,21,24). The molecule has 1 fully saturated rings. The number of H-pyrrole nitrogens is 1. The lowest BCUT2D eigenvalue weighted by Crippen LogP contribution is -2.46. The van der Waals surface area contributed by atoms with Crippen LogP contribution in [0.4, 0.5) is 0 Å². The molecule has 1 aliphatic heterocycles. The van der Waals surface area contributed by atoms with E-state index in [4.69, 9.17) is 5.73 Å². The lowest BCUT2D eigenvalue weighted by atomic mass is 10.0. The molecule has 0 radical (unpaired) electrons. The minimum Gasteiger partial charge on any atom is -0.369 e. The van der Waals surface area contributed by atoms with Crippen LogP contribution in [-0.4, -0.2) is 47.4 Å². The van der Waals surface area contributed by atoms with E-state index in [-0.39, 0.29) is 17.9 Å². The summed E-state index contributed by atoms with van der Waals surface area (Å²) in [5.74, 6) is -0.350. The number of carbonyl (C=O) groups is 2. The Bertz CT molecular complexity index is 773. The highest BCUT2D eigenvalue weighted by atomic mass is 16.2. The molecule has 2 amide bonds. The van der Waals surface area contributed by atoms with E-state index in [1.807, 2.05) is 30.0 Å². The Labute approximate surface area is 141 Å². The first-order valence-electron chi connectivity index (χ1n) is 8.35. The Morgan fingerprint density at radius 3 is 2.67 bits per heavy atom. The first-order valence-corrected chi connectivity index (χ1v) is 8.35. The molecule has 3 rings (SSSR count). The van der Waals surface area contributed by atoms with Gasteiger partial charge in [0.25, 0.3) is 5.91 Å². The summed E-state index contributed by atoms with van der Waals surface area (Å²) in [7, 11) is 0. The van der Waals surface area contributed by atoms with E-state index in [9.17, 15) is 9.59 Å². The van der Waals surface area contributed by atoms with Crippen molar-refractivity contribution in [3.8, 4) is 0 Å². The molecule has 128 valence electrons. The number of fused-ring (bicyclic) bond motifs is 1. The monoisotopic (exact) mass is 328 g/mol. The molecule has 0 unspecified atom stereocenters. The number of benzene rings is 1. The van der Waals surface area contributed by atoms with Crippen molar-refractivity contribution < 1.29 is 9.59 Å². The number of nitrogens with zero attached hydrogens (tertiary/aromatic N) is 1. The van der Waals surface area contributed by atoms with E-state index in [2.05, 4.69) is 17.2 Å². The van der Waals surface area contributed by atoms with Gasteiger partial charge in [0.1, 0.15) is 0 Å². The molecule has 0 aliphatic carbocycles. The molecule has 0 bridgehead atoms. The normalized spacial score (nSPS) is 16.4. The third-order valence-electron chi connectivity index (χ3n) is 4.89. The van der Waals surface area contributed by atoms with Gasteiger partial charge in [0, 0.05) is 30.2 Å². The number of para-hydroxylation sites is 1. The molecule has 6 heteroatoms. The minimum atomic E-state index is -0.304. The number of likely N-dealkylation sites (tertiary alicyclic amines) is 1. The van der Waals surface area contributed by atoms with Crippen molar-refractivity contribution >= 4 is 22.7 Å². The highest BCUT2D eigenvalue weighted by Crippen LogP contribution is 2.24. The van der Waals surface area contributed by atoms with Crippen molar-refractivity contribution in [1.82, 2.24) is 15.2 Å². The average Bonchev–Trinajstić information content (AvgIpc) is 2.84. The maximum absolute atomic E-state index is 12.7. The maximum atomic E-state index is 12.7. The van der Waals surface area contributed by atoms with Gasteiger partial charge in [0.2, 0.25) is 5.91 Å². The lowest BCUT2D eigenvalue weighted by molar-refractivity contribution is -0.119. The zero-order valence-electron chi connectivity index (χ0n) is 14.2. The molecule has 1 saturated heterocycles. The fourth-order valence-electron chi connectivity index (χ4n) is 3.39. The number of amides is 2. The molecule has 4 N–H and O–H groups in total. The topological polar surface area (TPSA) is 91.2 Å². The van der Waals surface area contributed by atoms with Crippen molar-refractivity contribution in [1.29, 1.82) is 0 Å². The Morgan fingerprint density at radius 2 is 2.00 bits per heavy atom. The van der Waals surface area contributed by atoms with Crippen LogP contribution in [0.1, 0.15) is 34.5 Å². The lowest BCUT2D eigenvalue weighted by Gasteiger charge is -2.31. The predicted molar refractivity (Wildman–Crippen MR) is 93.9 cm³/mol. The van der Waals surface area contributed by atoms with Crippen LogP contribution in [0.15, 0.2) is 18.2 Å². The van der Waals surface area contributed by atoms with E-state index in [0.717, 1.165) is 42.5 Å². The number of hydrogen-bond acceptors (Lipinski definition) is 3. The number of nitrogens with one attached hydrogen (secondary N) is 2. The summed E-state index contributed by atoms with van der Waals surface area (Å²) in [5.41, 5.74) is 9.08. The quantitative estimate of drug-likeness (QED) is 0.793. The molecular formula is C18H24N4O2. The zero-order chi connectivity index (χ0) is 17.3. The second kappa shape index (κ2) is 6.65. The molecule has 24 heavy (non-hydrogen) atoms. The minimum absolute atomic E-state index is 0.0461. The van der Waals surface area contributed by atoms with Gasteiger partial charge in [0.15, 0.2) is 0 Å². The number of carbonyl (C=O) groups excluding carboxylic acids is 2. The van der Waals surface area contributed by atoms with E-state index in [0.29, 0.717) is 12.1 Å². The largest absolute Gasteiger partial charge is 0.369 e. The molecule has 0 atom stereocenters. The highest BCUT2D eigenvalue weighted by molar-refractivity contribution is 6.06. The third kappa shape index (κ3) is 3.28. The van der Waals surface area contributed by atoms with Crippen LogP contribution in [0.5, 0.6) is 0 Å². The van der Waals surface area contributed by atoms with Gasteiger partial charge in [-0.1, -0.05) is 12.1 Å². The van der Waals surface area contributed by atoms with Gasteiger partial charge in [-0.15, -0.1) is 0 Å². The number of rotatable bonds is 4. The van der Waals surface area contributed by atoms with E-state index in [1.165, 1.54) is 5.56 Å². The summed E-state index contributed by atoms with van der Waals surface area (Å²) in [6.45, 7) is 5.92. The molecule has 1 aromatic heterocycles. The molecular weight excluding hydrogens is 304 g/mol. The van der Waals surface area contributed by atoms with Gasteiger partial charge in [-0.25, -0.2) is 0 Å². The van der Waals surface area contributed by atoms with E-state index in [1.54, 1.807) is 0 Å². The zero-order valence-corrected chi connectivity index (χ0v) is 14.2. The number of nitrogens with two attached hydrogens (primary N) is 1. The van der Waals surface area contributed by atoms with E-state index >= 15 is 0 Å². The smallest absolute Gasteiger partial charge is 0.253 e. The summed E-state index contributed by atoms with van der Waals surface area (Å²) in [6, 6.07) is 5.95. The van der Waals surface area contributed by atoms with Crippen LogP contribution in [0.2, 0.25) is 0 Å². The van der Waals surface area contributed by atoms with E-state index < -0.39 is 0 Å². The van der Waals surface area contributed by atoms with Gasteiger partial charge in [-0.05, 0) is 38.3 Å². The number of hydrogen-bond donors (Lipinski definition) is 3. The van der Waals surface area contributed by atoms with Crippen molar-refractivity contribution in [3.05, 3.63) is 35.0 Å². The van der Waals surface area contributed by atoms with Gasteiger partial charge in [-0.3, -0.25) is 14.5 Å². The van der Waals surface area contributed by atoms with Crippen molar-refractivity contribution in [3.63, 3.8) is 0 Å². The summed E-state index contributed by atoms with van der Waals surface area (Å²) in [6.07, 6.45) is 1.66. The Hall–Kier alpha value is -2.34. The fourth-order valence-corrected chi connectivity index (χ4v) is 3.39. The van der Waals surface area contributed by atoms with Crippen molar-refractivity contribution in [2.24, 2.45) is 5.73 Å². The molecule has 6 nitrogen and oxygen atoms in total. The molecule has 0 saturated carbocycles. The maximum Gasteiger partial charge on any atom is 0.253 e. The second-order valence-electron chi connectivity index (χ2n) is 6.59. The summed E-state index contributed by atoms with van der Waals surface area (Å²) in [5, 5.41) is 4.22. The van der Waals surface area contributed by atoms with Gasteiger partial charge in [-0.2, -0.15) is 0 Å². The average molecular weight is 328 g/mol. The predicted octanol–water partition coefficient (Wildman–Crippen LogP) is 1.46. The SMILES string of the molecule is Cc1[nH]c2c(C(=O)NC3CCN(CC(N)=O)CC3)cccc2c1C. The number of primary amides is 1. The van der Waals surface area contributed by atoms with Gasteiger partial charge >= 0.3 is 0 Å². The molecule has 1 aromatic carbocycles. The highest BCUT2D eigenvalue weighted by Gasteiger charge is 2.23. The molecule has 0 spiro atoms. The molecule has 2 heterocycles. The first kappa shape index (κ1) is 16.5. The van der Waals surface area contributed by atoms with Crippen LogP contribution in [0.25, 0.3) is 10.9 Å². The fraction of sp³-hybridized carbons (Fsp3) is 0.444. The van der Waals surface area contributed by atoms with Gasteiger partial charge in [0.05, 0.1) is 17.6 Å². The first-order chi connectivity index (χ1) is 11.5. The summed E-state index contributed by atoms with van der Waals surface area (Å²) in [4.78, 5) is 29.0. The van der Waals surface area contributed by atoms with Crippen molar-refractivity contribution in [2.45, 2.75) is 32.7 Å². The van der Waals surface area contributed by atoms with Crippen LogP contribution >= 0.6 is 0 Å². The van der Waals surface area contributed by atoms with Crippen LogP contribution in [0, 0.1) is 13.8 Å². The molecule has 2 aromatic rings. The van der Waals surface area contributed by atoms with Gasteiger partial charge < -0.3 is 16.0 Å². The number of aromatic nitrogens is 1. The number of aryl methyl sites for hydroxylation is 2. The number of aromatic amines is 1. The molecule has 1 aliphatic rings. The second-order valence-corrected chi connectivity index (χ2v) is 6.59. The van der Waals surface area contributed by atoms with Crippen LogP contribution in [-0.2, 0) is 4.79 Å². The Balaban J connectivity index is 1.68. The van der Waals surface area contributed by atoms with Crippen LogP contribution in [0.3, 0.4) is 0 Å². The summed E-state index contributed by atoms with van der Waals surface area (Å²) >= 11 is 0. The van der Waals surface area contributed by atoms with Crippen LogP contribution < -0.4 is 11.1 Å². The Morgan fingerprint density at radius 1 is 1.29 bits per heavy atom. The third-order valence-corrected chi connectivity index (χ3v) is 4.89. The van der Waals surface area contributed by atoms with Crippen molar-refractivity contribution in [2.75, 3.05) is 19.6 Å².